The van der Waals surface area contributed by atoms with Crippen LogP contribution in [0.2, 0.25) is 0 Å². The Hall–Kier alpha value is 0.980. The highest BCUT2D eigenvalue weighted by molar-refractivity contribution is 6.17. The van der Waals surface area contributed by atoms with Crippen molar-refractivity contribution in [2.75, 3.05) is 32.6 Å². The fraction of sp³-hybridized carbons (Fsp3) is 1.00. The lowest BCUT2D eigenvalue weighted by atomic mass is 10.1. The van der Waals surface area contributed by atoms with E-state index in [0.29, 0.717) is 0 Å². The Morgan fingerprint density at radius 1 is 0.650 bits per heavy atom. The largest absolute Gasteiger partial charge is 1.00 e. The topological polar surface area (TPSA) is 0 Å². The highest BCUT2D eigenvalue weighted by atomic mass is 127. The van der Waals surface area contributed by atoms with E-state index in [1.807, 2.05) is 0 Å². The number of alkyl halides is 1. The molecule has 0 heterocycles. The molecular formula is C17H37ClIN. The summed E-state index contributed by atoms with van der Waals surface area (Å²) >= 11 is 5.88. The molecule has 0 aromatic carbocycles. The molecule has 1 atom stereocenters. The summed E-state index contributed by atoms with van der Waals surface area (Å²) < 4.78 is 1.25. The molecule has 20 heavy (non-hydrogen) atoms. The van der Waals surface area contributed by atoms with Crippen LogP contribution in [0.5, 0.6) is 0 Å². The maximum atomic E-state index is 5.88. The van der Waals surface area contributed by atoms with Gasteiger partial charge in [0.05, 0.1) is 26.7 Å². The monoisotopic (exact) mass is 417 g/mol. The van der Waals surface area contributed by atoms with E-state index in [2.05, 4.69) is 20.9 Å². The highest BCUT2D eigenvalue weighted by Crippen LogP contribution is 2.13. The van der Waals surface area contributed by atoms with Crippen molar-refractivity contribution >= 4 is 11.6 Å². The van der Waals surface area contributed by atoms with Gasteiger partial charge in [-0.2, -0.15) is 0 Å². The van der Waals surface area contributed by atoms with Gasteiger partial charge in [0.2, 0.25) is 0 Å². The fourth-order valence-electron chi connectivity index (χ4n) is 2.79. The van der Waals surface area contributed by atoms with E-state index in [1.54, 1.807) is 0 Å². The van der Waals surface area contributed by atoms with Crippen LogP contribution in [0.15, 0.2) is 0 Å². The van der Waals surface area contributed by atoms with Crippen LogP contribution in [0.4, 0.5) is 0 Å². The lowest BCUT2D eigenvalue weighted by Crippen LogP contribution is -3.00. The summed E-state index contributed by atoms with van der Waals surface area (Å²) in [5, 5.41) is 0. The number of quaternary nitrogens is 1. The maximum Gasteiger partial charge on any atom is 0.0796 e. The predicted octanol–water partition coefficient (Wildman–Crippen LogP) is 2.62. The Morgan fingerprint density at radius 3 is 1.50 bits per heavy atom. The van der Waals surface area contributed by atoms with Crippen LogP contribution in [0.25, 0.3) is 0 Å². The van der Waals surface area contributed by atoms with Gasteiger partial charge in [-0.15, -0.1) is 11.6 Å². The summed E-state index contributed by atoms with van der Waals surface area (Å²) in [6.07, 6.45) is 13.7. The third kappa shape index (κ3) is 13.9. The SMILES string of the molecule is CCCCCCC[N+](C)(CCCCl)CCCCCC.[I-]. The van der Waals surface area contributed by atoms with Crippen LogP contribution >= 0.6 is 11.6 Å². The molecule has 124 valence electrons. The van der Waals surface area contributed by atoms with Gasteiger partial charge in [-0.05, 0) is 25.7 Å². The summed E-state index contributed by atoms with van der Waals surface area (Å²) in [5.74, 6) is 0.818. The second kappa shape index (κ2) is 16.4. The maximum absolute atomic E-state index is 5.88. The van der Waals surface area contributed by atoms with Gasteiger partial charge in [0.15, 0.2) is 0 Å². The molecule has 0 aliphatic rings. The van der Waals surface area contributed by atoms with Gasteiger partial charge in [0.1, 0.15) is 0 Å². The molecule has 3 heteroatoms. The first kappa shape index (κ1) is 23.2. The normalized spacial score (nSPS) is 13.8. The molecule has 0 spiro atoms. The number of nitrogens with zero attached hydrogens (tertiary/aromatic N) is 1. The van der Waals surface area contributed by atoms with E-state index < -0.39 is 0 Å². The van der Waals surface area contributed by atoms with Crippen molar-refractivity contribution in [2.24, 2.45) is 0 Å². The minimum absolute atomic E-state index is 0. The number of hydrogen-bond donors (Lipinski definition) is 0. The Morgan fingerprint density at radius 2 is 1.05 bits per heavy atom. The molecule has 0 aromatic heterocycles. The second-order valence-electron chi connectivity index (χ2n) is 6.31. The van der Waals surface area contributed by atoms with E-state index in [-0.39, 0.29) is 24.0 Å². The van der Waals surface area contributed by atoms with Gasteiger partial charge < -0.3 is 28.5 Å². The van der Waals surface area contributed by atoms with Crippen molar-refractivity contribution < 1.29 is 28.5 Å². The first-order valence-electron chi connectivity index (χ1n) is 8.58. The predicted molar refractivity (Wildman–Crippen MR) is 89.0 cm³/mol. The average Bonchev–Trinajstić information content (AvgIpc) is 2.41. The Balaban J connectivity index is 0. The molecule has 0 aliphatic carbocycles. The molecule has 0 rings (SSSR count). The molecule has 0 bridgehead atoms. The Bertz CT molecular complexity index is 190. The quantitative estimate of drug-likeness (QED) is 0.176. The van der Waals surface area contributed by atoms with Crippen LogP contribution < -0.4 is 24.0 Å². The summed E-state index contributed by atoms with van der Waals surface area (Å²) in [6, 6.07) is 0. The molecule has 0 N–H and O–H groups in total. The second-order valence-corrected chi connectivity index (χ2v) is 6.69. The third-order valence-electron chi connectivity index (χ3n) is 4.18. The molecule has 1 nitrogen and oxygen atoms in total. The van der Waals surface area contributed by atoms with E-state index in [4.69, 9.17) is 11.6 Å². The zero-order valence-electron chi connectivity index (χ0n) is 14.1. The molecule has 0 radical (unpaired) electrons. The molecular weight excluding hydrogens is 381 g/mol. The van der Waals surface area contributed by atoms with Crippen molar-refractivity contribution in [3.8, 4) is 0 Å². The van der Waals surface area contributed by atoms with Gasteiger partial charge in [-0.25, -0.2) is 0 Å². The van der Waals surface area contributed by atoms with Gasteiger partial charge in [-0.1, -0.05) is 46.0 Å². The fourth-order valence-corrected chi connectivity index (χ4v) is 2.91. The molecule has 0 saturated carbocycles. The first-order chi connectivity index (χ1) is 9.18. The van der Waals surface area contributed by atoms with Crippen LogP contribution in [-0.4, -0.2) is 37.0 Å². The summed E-state index contributed by atoms with van der Waals surface area (Å²) in [6.45, 7) is 8.55. The first-order valence-corrected chi connectivity index (χ1v) is 9.11. The van der Waals surface area contributed by atoms with E-state index >= 15 is 0 Å². The Labute approximate surface area is 150 Å². The molecule has 0 aromatic rings. The number of hydrogen-bond acceptors (Lipinski definition) is 0. The van der Waals surface area contributed by atoms with Crippen LogP contribution in [0.3, 0.4) is 0 Å². The number of unbranched alkanes of at least 4 members (excludes halogenated alkanes) is 7. The standard InChI is InChI=1S/C17H37ClN.HI/c1-4-6-8-10-12-16-19(3,17-13-14-18)15-11-9-7-5-2;/h4-17H2,1-3H3;1H/q+1;/p-1. The van der Waals surface area contributed by atoms with E-state index in [1.165, 1.54) is 88.3 Å². The third-order valence-corrected chi connectivity index (χ3v) is 4.45. The molecule has 1 unspecified atom stereocenters. The van der Waals surface area contributed by atoms with Crippen molar-refractivity contribution in [1.82, 2.24) is 0 Å². The van der Waals surface area contributed by atoms with Crippen molar-refractivity contribution in [1.29, 1.82) is 0 Å². The summed E-state index contributed by atoms with van der Waals surface area (Å²) in [5.41, 5.74) is 0. The van der Waals surface area contributed by atoms with E-state index in [0.717, 1.165) is 5.88 Å². The lowest BCUT2D eigenvalue weighted by molar-refractivity contribution is -0.910. The smallest absolute Gasteiger partial charge is 0.0796 e. The summed E-state index contributed by atoms with van der Waals surface area (Å²) in [7, 11) is 2.44. The van der Waals surface area contributed by atoms with Crippen LogP contribution in [0.1, 0.15) is 78.1 Å². The van der Waals surface area contributed by atoms with Gasteiger partial charge >= 0.3 is 0 Å². The molecule has 0 fully saturated rings. The van der Waals surface area contributed by atoms with Crippen LogP contribution in [0, 0.1) is 0 Å². The molecule has 0 aliphatic heterocycles. The van der Waals surface area contributed by atoms with Crippen LogP contribution in [-0.2, 0) is 0 Å². The van der Waals surface area contributed by atoms with Crippen molar-refractivity contribution in [2.45, 2.75) is 78.1 Å². The van der Waals surface area contributed by atoms with Crippen molar-refractivity contribution in [3.63, 3.8) is 0 Å². The molecule has 0 saturated heterocycles. The zero-order chi connectivity index (χ0) is 14.4. The minimum Gasteiger partial charge on any atom is -1.00 e. The van der Waals surface area contributed by atoms with Gasteiger partial charge in [0.25, 0.3) is 0 Å². The lowest BCUT2D eigenvalue weighted by Gasteiger charge is -2.35. The van der Waals surface area contributed by atoms with E-state index in [9.17, 15) is 0 Å². The van der Waals surface area contributed by atoms with Crippen molar-refractivity contribution in [3.05, 3.63) is 0 Å². The zero-order valence-corrected chi connectivity index (χ0v) is 17.0. The Kier molecular flexibility index (Phi) is 19.0. The molecule has 0 amide bonds. The highest BCUT2D eigenvalue weighted by Gasteiger charge is 2.19. The van der Waals surface area contributed by atoms with Gasteiger partial charge in [0, 0.05) is 12.3 Å². The van der Waals surface area contributed by atoms with Gasteiger partial charge in [-0.3, -0.25) is 0 Å². The average molecular weight is 418 g/mol. The minimum atomic E-state index is 0. The summed E-state index contributed by atoms with van der Waals surface area (Å²) in [4.78, 5) is 0. The number of rotatable bonds is 14. The number of halogens is 2.